The number of aliphatic carboxylic acids is 1. The predicted molar refractivity (Wildman–Crippen MR) is 78.4 cm³/mol. The highest BCUT2D eigenvalue weighted by molar-refractivity contribution is 6.07. The van der Waals surface area contributed by atoms with Crippen molar-refractivity contribution in [1.82, 2.24) is 4.90 Å². The number of imide groups is 1. The first-order valence-corrected chi connectivity index (χ1v) is 7.31. The van der Waals surface area contributed by atoms with Gasteiger partial charge < -0.3 is 5.11 Å². The summed E-state index contributed by atoms with van der Waals surface area (Å²) >= 11 is 0. The fourth-order valence-electron chi connectivity index (χ4n) is 3.40. The van der Waals surface area contributed by atoms with Gasteiger partial charge in [-0.15, -0.1) is 0 Å². The van der Waals surface area contributed by atoms with Crippen LogP contribution in [0.2, 0.25) is 0 Å². The van der Waals surface area contributed by atoms with Gasteiger partial charge >= 0.3 is 5.97 Å². The number of benzene rings is 1. The lowest BCUT2D eigenvalue weighted by molar-refractivity contribution is -0.150. The quantitative estimate of drug-likeness (QED) is 0.681. The lowest BCUT2D eigenvalue weighted by Gasteiger charge is -2.28. The first kappa shape index (κ1) is 14.5. The van der Waals surface area contributed by atoms with Gasteiger partial charge in [-0.2, -0.15) is 0 Å². The minimum atomic E-state index is -1.02. The molecule has 1 saturated heterocycles. The second-order valence-corrected chi connectivity index (χ2v) is 5.91. The van der Waals surface area contributed by atoms with Crippen LogP contribution in [0.4, 0.5) is 0 Å². The van der Waals surface area contributed by atoms with Crippen molar-refractivity contribution < 1.29 is 19.5 Å². The van der Waals surface area contributed by atoms with E-state index in [1.807, 2.05) is 30.3 Å². The van der Waals surface area contributed by atoms with Crippen LogP contribution in [0, 0.1) is 23.7 Å². The molecule has 0 unspecified atom stereocenters. The molecule has 5 nitrogen and oxygen atoms in total. The summed E-state index contributed by atoms with van der Waals surface area (Å²) in [5, 5.41) is 9.42. The Hall–Kier alpha value is -2.43. The summed E-state index contributed by atoms with van der Waals surface area (Å²) in [6, 6.07) is 9.23. The molecule has 5 heteroatoms. The van der Waals surface area contributed by atoms with Gasteiger partial charge in [0.15, 0.2) is 0 Å². The third-order valence-electron chi connectivity index (χ3n) is 4.53. The predicted octanol–water partition coefficient (Wildman–Crippen LogP) is 1.69. The van der Waals surface area contributed by atoms with E-state index in [4.69, 9.17) is 0 Å². The van der Waals surface area contributed by atoms with Crippen molar-refractivity contribution in [2.24, 2.45) is 23.7 Å². The average molecular weight is 299 g/mol. The zero-order valence-corrected chi connectivity index (χ0v) is 12.2. The maximum absolute atomic E-state index is 12.6. The molecule has 0 saturated carbocycles. The van der Waals surface area contributed by atoms with E-state index in [0.29, 0.717) is 0 Å². The van der Waals surface area contributed by atoms with Crippen LogP contribution < -0.4 is 0 Å². The van der Waals surface area contributed by atoms with Gasteiger partial charge in [-0.1, -0.05) is 49.4 Å². The third kappa shape index (κ3) is 2.22. The van der Waals surface area contributed by atoms with Crippen molar-refractivity contribution in [3.05, 3.63) is 48.0 Å². The zero-order chi connectivity index (χ0) is 15.9. The summed E-state index contributed by atoms with van der Waals surface area (Å²) in [4.78, 5) is 37.8. The van der Waals surface area contributed by atoms with Gasteiger partial charge in [0, 0.05) is 0 Å². The van der Waals surface area contributed by atoms with Crippen molar-refractivity contribution in [2.75, 3.05) is 0 Å². The number of carbonyl (C=O) groups excluding carboxylic acids is 2. The van der Waals surface area contributed by atoms with E-state index >= 15 is 0 Å². The number of hydrogen-bond acceptors (Lipinski definition) is 3. The van der Waals surface area contributed by atoms with Crippen LogP contribution in [-0.2, 0) is 20.9 Å². The molecule has 1 heterocycles. The van der Waals surface area contributed by atoms with Gasteiger partial charge in [0.05, 0.1) is 24.3 Å². The number of carboxylic acid groups (broad SMARTS) is 1. The summed E-state index contributed by atoms with van der Waals surface area (Å²) in [5.74, 6) is -4.22. The number of carbonyl (C=O) groups is 3. The first-order valence-electron chi connectivity index (χ1n) is 7.31. The molecule has 2 amide bonds. The van der Waals surface area contributed by atoms with E-state index in [-0.39, 0.29) is 24.3 Å². The number of rotatable bonds is 3. The number of hydrogen-bond donors (Lipinski definition) is 1. The molecule has 1 aliphatic heterocycles. The average Bonchev–Trinajstić information content (AvgIpc) is 2.73. The molecule has 2 aliphatic rings. The highest BCUT2D eigenvalue weighted by atomic mass is 16.4. The van der Waals surface area contributed by atoms with Crippen LogP contribution in [0.5, 0.6) is 0 Å². The van der Waals surface area contributed by atoms with E-state index in [0.717, 1.165) is 5.56 Å². The van der Waals surface area contributed by atoms with Gasteiger partial charge in [0.25, 0.3) is 0 Å². The lowest BCUT2D eigenvalue weighted by atomic mass is 9.72. The molecule has 1 aromatic carbocycles. The normalized spacial score (nSPS) is 30.5. The first-order chi connectivity index (χ1) is 10.5. The Morgan fingerprint density at radius 3 is 2.45 bits per heavy atom. The second-order valence-electron chi connectivity index (χ2n) is 5.91. The zero-order valence-electron chi connectivity index (χ0n) is 12.2. The molecule has 1 aromatic rings. The highest BCUT2D eigenvalue weighted by Gasteiger charge is 2.54. The van der Waals surface area contributed by atoms with Crippen LogP contribution in [-0.4, -0.2) is 27.8 Å². The van der Waals surface area contributed by atoms with Crippen LogP contribution in [0.1, 0.15) is 12.5 Å². The molecular weight excluding hydrogens is 282 g/mol. The molecule has 0 spiro atoms. The van der Waals surface area contributed by atoms with Crippen LogP contribution in [0.3, 0.4) is 0 Å². The number of allylic oxidation sites excluding steroid dienone is 1. The molecule has 1 fully saturated rings. The highest BCUT2D eigenvalue weighted by Crippen LogP contribution is 2.41. The van der Waals surface area contributed by atoms with Crippen molar-refractivity contribution in [1.29, 1.82) is 0 Å². The summed E-state index contributed by atoms with van der Waals surface area (Å²) in [7, 11) is 0. The Labute approximate surface area is 128 Å². The monoisotopic (exact) mass is 299 g/mol. The summed E-state index contributed by atoms with van der Waals surface area (Å²) in [6.07, 6.45) is 3.43. The van der Waals surface area contributed by atoms with Crippen LogP contribution >= 0.6 is 0 Å². The minimum Gasteiger partial charge on any atom is -0.481 e. The Morgan fingerprint density at radius 2 is 1.82 bits per heavy atom. The Bertz CT molecular complexity index is 652. The third-order valence-corrected chi connectivity index (χ3v) is 4.53. The second kappa shape index (κ2) is 5.40. The number of fused-ring (bicyclic) bond motifs is 1. The van der Waals surface area contributed by atoms with Gasteiger partial charge in [0.1, 0.15) is 0 Å². The van der Waals surface area contributed by atoms with Crippen LogP contribution in [0.15, 0.2) is 42.5 Å². The Morgan fingerprint density at radius 1 is 1.14 bits per heavy atom. The van der Waals surface area contributed by atoms with Crippen molar-refractivity contribution in [3.8, 4) is 0 Å². The summed E-state index contributed by atoms with van der Waals surface area (Å²) < 4.78 is 0. The van der Waals surface area contributed by atoms with Gasteiger partial charge in [-0.05, 0) is 11.5 Å². The molecule has 0 aromatic heterocycles. The topological polar surface area (TPSA) is 74.7 Å². The fourth-order valence-corrected chi connectivity index (χ4v) is 3.40. The van der Waals surface area contributed by atoms with Crippen molar-refractivity contribution >= 4 is 17.8 Å². The fraction of sp³-hybridized carbons (Fsp3) is 0.353. The molecule has 1 aliphatic carbocycles. The number of amides is 2. The van der Waals surface area contributed by atoms with E-state index in [9.17, 15) is 19.5 Å². The molecule has 0 bridgehead atoms. The number of carboxylic acids is 1. The van der Waals surface area contributed by atoms with Crippen LogP contribution in [0.25, 0.3) is 0 Å². The molecule has 4 atom stereocenters. The molecule has 114 valence electrons. The molecule has 0 radical (unpaired) electrons. The van der Waals surface area contributed by atoms with E-state index in [2.05, 4.69) is 0 Å². The number of nitrogens with zero attached hydrogens (tertiary/aromatic N) is 1. The number of likely N-dealkylation sites (tertiary alicyclic amines) is 1. The summed E-state index contributed by atoms with van der Waals surface area (Å²) in [6.45, 7) is 1.96. The molecular formula is C17H17NO4. The van der Waals surface area contributed by atoms with E-state index < -0.39 is 23.7 Å². The Kier molecular flexibility index (Phi) is 3.56. The smallest absolute Gasteiger partial charge is 0.307 e. The SMILES string of the molecule is C[C@H]1C=C[C@H]2C(=O)N(Cc3ccccc3)C(=O)[C@@H]2[C@@H]1C(=O)O. The van der Waals surface area contributed by atoms with Gasteiger partial charge in [-0.25, -0.2) is 0 Å². The maximum atomic E-state index is 12.6. The van der Waals surface area contributed by atoms with E-state index in [1.165, 1.54) is 4.90 Å². The molecule has 22 heavy (non-hydrogen) atoms. The standard InChI is InChI=1S/C17H17NO4/c1-10-7-8-12-14(13(10)17(21)22)16(20)18(15(12)19)9-11-5-3-2-4-6-11/h2-8,10,12-14H,9H2,1H3,(H,21,22)/t10-,12+,13+,14-/m0/s1. The van der Waals surface area contributed by atoms with Gasteiger partial charge in [-0.3, -0.25) is 19.3 Å². The Balaban J connectivity index is 1.91. The van der Waals surface area contributed by atoms with E-state index in [1.54, 1.807) is 19.1 Å². The van der Waals surface area contributed by atoms with Crippen molar-refractivity contribution in [2.45, 2.75) is 13.5 Å². The molecule has 1 N–H and O–H groups in total. The van der Waals surface area contributed by atoms with Gasteiger partial charge in [0.2, 0.25) is 11.8 Å². The minimum absolute atomic E-state index is 0.195. The summed E-state index contributed by atoms with van der Waals surface area (Å²) in [5.41, 5.74) is 0.853. The van der Waals surface area contributed by atoms with Crippen molar-refractivity contribution in [3.63, 3.8) is 0 Å². The molecule has 3 rings (SSSR count). The largest absolute Gasteiger partial charge is 0.481 e. The lowest BCUT2D eigenvalue weighted by Crippen LogP contribution is -2.38. The maximum Gasteiger partial charge on any atom is 0.307 e.